The van der Waals surface area contributed by atoms with Crippen LogP contribution in [0.25, 0.3) is 10.2 Å². The molecule has 6 nitrogen and oxygen atoms in total. The Bertz CT molecular complexity index is 1220. The minimum absolute atomic E-state index is 0.110. The first-order valence-corrected chi connectivity index (χ1v) is 11.7. The number of thiazole rings is 2. The van der Waals surface area contributed by atoms with Crippen molar-refractivity contribution in [3.05, 3.63) is 58.6 Å². The zero-order valence-electron chi connectivity index (χ0n) is 15.6. The van der Waals surface area contributed by atoms with Gasteiger partial charge in [-0.15, -0.1) is 22.7 Å². The van der Waals surface area contributed by atoms with Gasteiger partial charge in [-0.25, -0.2) is 9.97 Å². The van der Waals surface area contributed by atoms with E-state index in [1.165, 1.54) is 40.5 Å². The highest BCUT2D eigenvalue weighted by Gasteiger charge is 2.18. The summed E-state index contributed by atoms with van der Waals surface area (Å²) in [5.74, 6) is 0.00606. The molecule has 152 valence electrons. The Morgan fingerprint density at radius 2 is 2.20 bits per heavy atom. The topological polar surface area (TPSA) is 87.5 Å². The van der Waals surface area contributed by atoms with E-state index in [-0.39, 0.29) is 16.9 Å². The van der Waals surface area contributed by atoms with Crippen molar-refractivity contribution in [3.8, 4) is 5.75 Å². The number of thioether (sulfide) groups is 1. The molecule has 2 N–H and O–H groups in total. The van der Waals surface area contributed by atoms with Gasteiger partial charge in [-0.1, -0.05) is 23.4 Å². The fourth-order valence-electron chi connectivity index (χ4n) is 2.49. The fourth-order valence-corrected chi connectivity index (χ4v) is 5.45. The van der Waals surface area contributed by atoms with E-state index >= 15 is 0 Å². The van der Waals surface area contributed by atoms with E-state index in [9.17, 15) is 9.90 Å². The molecule has 0 fully saturated rings. The number of hydrogen-bond acceptors (Lipinski definition) is 8. The number of amides is 1. The number of halogens is 1. The van der Waals surface area contributed by atoms with Crippen LogP contribution >= 0.6 is 46.0 Å². The summed E-state index contributed by atoms with van der Waals surface area (Å²) < 4.78 is 1.77. The number of aliphatic imine (C=N–C) groups is 1. The van der Waals surface area contributed by atoms with E-state index < -0.39 is 0 Å². The average Bonchev–Trinajstić information content (AvgIpc) is 3.37. The Morgan fingerprint density at radius 1 is 1.33 bits per heavy atom. The number of phenolic OH excluding ortho intramolecular Hbond substituents is 1. The predicted octanol–water partition coefficient (Wildman–Crippen LogP) is 5.98. The van der Waals surface area contributed by atoms with Crippen LogP contribution in [0, 0.1) is 0 Å². The maximum absolute atomic E-state index is 12.3. The van der Waals surface area contributed by atoms with Gasteiger partial charge in [-0.3, -0.25) is 9.79 Å². The lowest BCUT2D eigenvalue weighted by Crippen LogP contribution is -2.22. The summed E-state index contributed by atoms with van der Waals surface area (Å²) in [7, 11) is 0. The molecule has 10 heteroatoms. The molecule has 4 rings (SSSR count). The number of phenols is 1. The summed E-state index contributed by atoms with van der Waals surface area (Å²) in [6.07, 6.45) is 3.23. The predicted molar refractivity (Wildman–Crippen MR) is 126 cm³/mol. The van der Waals surface area contributed by atoms with Crippen molar-refractivity contribution < 1.29 is 9.90 Å². The minimum atomic E-state index is -0.308. The van der Waals surface area contributed by atoms with Crippen molar-refractivity contribution in [1.82, 2.24) is 9.97 Å². The second-order valence-corrected chi connectivity index (χ2v) is 10.1. The third kappa shape index (κ3) is 4.99. The second kappa shape index (κ2) is 9.13. The number of fused-ring (bicyclic) bond motifs is 1. The monoisotopic (exact) mass is 474 g/mol. The van der Waals surface area contributed by atoms with Crippen LogP contribution in [0.15, 0.2) is 57.3 Å². The highest BCUT2D eigenvalue weighted by molar-refractivity contribution is 8.02. The summed E-state index contributed by atoms with van der Waals surface area (Å²) in [4.78, 5) is 25.4. The summed E-state index contributed by atoms with van der Waals surface area (Å²) >= 11 is 10.3. The number of nitrogens with one attached hydrogen (secondary N) is 1. The highest BCUT2D eigenvalue weighted by Crippen LogP contribution is 2.34. The Labute approximate surface area is 189 Å². The highest BCUT2D eigenvalue weighted by atomic mass is 35.5. The SMILES string of the molecule is C[C@@H](Sc1nc2ccc(N=Cc3cc(Cl)ccc3O)cc2s1)C(=O)Nc1nccs1. The van der Waals surface area contributed by atoms with E-state index in [0.29, 0.717) is 15.7 Å². The van der Waals surface area contributed by atoms with Gasteiger partial charge in [0.1, 0.15) is 5.75 Å². The molecule has 4 aromatic rings. The van der Waals surface area contributed by atoms with Crippen molar-refractivity contribution >= 4 is 79.2 Å². The van der Waals surface area contributed by atoms with Gasteiger partial charge in [0.15, 0.2) is 9.47 Å². The zero-order valence-corrected chi connectivity index (χ0v) is 18.8. The Kier molecular flexibility index (Phi) is 6.33. The minimum Gasteiger partial charge on any atom is -0.507 e. The van der Waals surface area contributed by atoms with Crippen LogP contribution in [0.1, 0.15) is 12.5 Å². The number of rotatable bonds is 6. The molecule has 0 aliphatic heterocycles. The van der Waals surface area contributed by atoms with Gasteiger partial charge in [0.2, 0.25) is 5.91 Å². The van der Waals surface area contributed by atoms with E-state index in [0.717, 1.165) is 20.2 Å². The summed E-state index contributed by atoms with van der Waals surface area (Å²) in [6.45, 7) is 1.84. The van der Waals surface area contributed by atoms with Gasteiger partial charge in [-0.2, -0.15) is 0 Å². The molecule has 0 unspecified atom stereocenters. The first-order chi connectivity index (χ1) is 14.5. The Morgan fingerprint density at radius 3 is 3.00 bits per heavy atom. The van der Waals surface area contributed by atoms with Crippen LogP contribution in [0.2, 0.25) is 5.02 Å². The van der Waals surface area contributed by atoms with Gasteiger partial charge in [-0.05, 0) is 43.3 Å². The first kappa shape index (κ1) is 20.8. The maximum atomic E-state index is 12.3. The molecular formula is C20H15ClN4O2S3. The van der Waals surface area contributed by atoms with Crippen LogP contribution in [0.4, 0.5) is 10.8 Å². The molecule has 0 spiro atoms. The van der Waals surface area contributed by atoms with Crippen LogP contribution in [-0.2, 0) is 4.79 Å². The molecule has 2 aromatic heterocycles. The zero-order chi connectivity index (χ0) is 21.1. The van der Waals surface area contributed by atoms with Gasteiger partial charge in [0.25, 0.3) is 0 Å². The second-order valence-electron chi connectivity index (χ2n) is 6.18. The van der Waals surface area contributed by atoms with Crippen LogP contribution in [0.5, 0.6) is 5.75 Å². The third-order valence-electron chi connectivity index (χ3n) is 4.00. The van der Waals surface area contributed by atoms with Crippen molar-refractivity contribution in [2.45, 2.75) is 16.5 Å². The molecule has 30 heavy (non-hydrogen) atoms. The van der Waals surface area contributed by atoms with Gasteiger partial charge in [0.05, 0.1) is 21.2 Å². The maximum Gasteiger partial charge on any atom is 0.239 e. The van der Waals surface area contributed by atoms with E-state index in [1.54, 1.807) is 24.5 Å². The molecule has 0 aliphatic carbocycles. The fraction of sp³-hybridized carbons (Fsp3) is 0.100. The van der Waals surface area contributed by atoms with E-state index in [2.05, 4.69) is 20.3 Å². The molecule has 2 heterocycles. The molecular weight excluding hydrogens is 460 g/mol. The number of hydrogen-bond donors (Lipinski definition) is 2. The lowest BCUT2D eigenvalue weighted by molar-refractivity contribution is -0.115. The van der Waals surface area contributed by atoms with Crippen LogP contribution in [-0.4, -0.2) is 32.4 Å². The Hall–Kier alpha value is -2.46. The lowest BCUT2D eigenvalue weighted by Gasteiger charge is -2.07. The molecule has 0 saturated carbocycles. The number of benzene rings is 2. The van der Waals surface area contributed by atoms with E-state index in [4.69, 9.17) is 11.6 Å². The molecule has 2 aromatic carbocycles. The number of aromatic hydroxyl groups is 1. The molecule has 0 aliphatic rings. The first-order valence-electron chi connectivity index (χ1n) is 8.78. The summed E-state index contributed by atoms with van der Waals surface area (Å²) in [6, 6.07) is 10.5. The number of carbonyl (C=O) groups is 1. The normalized spacial score (nSPS) is 12.5. The van der Waals surface area contributed by atoms with Gasteiger partial charge in [0, 0.05) is 28.4 Å². The van der Waals surface area contributed by atoms with Crippen LogP contribution in [0.3, 0.4) is 0 Å². The molecule has 1 atom stereocenters. The largest absolute Gasteiger partial charge is 0.507 e. The standard InChI is InChI=1S/C20H15ClN4O2S3/c1-11(18(27)25-19-22-6-7-28-19)29-20-24-15-4-3-14(9-17(15)30-20)23-10-12-8-13(21)2-5-16(12)26/h2-11,26H,1H3,(H,22,25,27)/t11-/m1/s1. The smallest absolute Gasteiger partial charge is 0.239 e. The van der Waals surface area contributed by atoms with Crippen molar-refractivity contribution in [2.24, 2.45) is 4.99 Å². The molecule has 0 saturated heterocycles. The van der Waals surface area contributed by atoms with Gasteiger partial charge < -0.3 is 10.4 Å². The van der Waals surface area contributed by atoms with Crippen molar-refractivity contribution in [2.75, 3.05) is 5.32 Å². The van der Waals surface area contributed by atoms with Gasteiger partial charge >= 0.3 is 0 Å². The average molecular weight is 475 g/mol. The van der Waals surface area contributed by atoms with Crippen LogP contribution < -0.4 is 5.32 Å². The number of nitrogens with zero attached hydrogens (tertiary/aromatic N) is 3. The third-order valence-corrected chi connectivity index (χ3v) is 7.14. The number of aromatic nitrogens is 2. The summed E-state index contributed by atoms with van der Waals surface area (Å²) in [5.41, 5.74) is 2.12. The molecule has 0 radical (unpaired) electrons. The summed E-state index contributed by atoms with van der Waals surface area (Å²) in [5, 5.41) is 15.3. The number of anilines is 1. The molecule has 0 bridgehead atoms. The Balaban J connectivity index is 1.47. The van der Waals surface area contributed by atoms with E-state index in [1.807, 2.05) is 30.5 Å². The van der Waals surface area contributed by atoms with Crippen molar-refractivity contribution in [1.29, 1.82) is 0 Å². The quantitative estimate of drug-likeness (QED) is 0.265. The van der Waals surface area contributed by atoms with Crippen molar-refractivity contribution in [3.63, 3.8) is 0 Å². The number of carbonyl (C=O) groups excluding carboxylic acids is 1. The molecule has 1 amide bonds. The lowest BCUT2D eigenvalue weighted by atomic mass is 10.2.